The standard InChI is InChI=1S/C33H28N2O5S/c1-5-40-32(37)29-19(2)34-33-35(30(29)22-14-15-26(38-3)27(17-22)39-4)31(36)28(41-33)18-25-23-12-8-6-10-20(23)16-21-11-7-9-13-24(21)25/h6-18,30H,5H2,1-4H3/b28-18-. The Balaban J connectivity index is 1.64. The molecule has 0 aliphatic carbocycles. The number of fused-ring (bicyclic) bond motifs is 3. The maximum atomic E-state index is 14.2. The molecular formula is C33H28N2O5S. The number of ether oxygens (including phenoxy) is 3. The van der Waals surface area contributed by atoms with Crippen molar-refractivity contribution in [3.63, 3.8) is 0 Å². The lowest BCUT2D eigenvalue weighted by molar-refractivity contribution is -0.139. The van der Waals surface area contributed by atoms with Crippen molar-refractivity contribution in [1.82, 2.24) is 4.57 Å². The molecule has 0 saturated carbocycles. The van der Waals surface area contributed by atoms with Gasteiger partial charge in [0.2, 0.25) is 0 Å². The molecule has 8 heteroatoms. The first kappa shape index (κ1) is 26.5. The van der Waals surface area contributed by atoms with Crippen LogP contribution in [0, 0.1) is 0 Å². The van der Waals surface area contributed by atoms with E-state index in [9.17, 15) is 9.59 Å². The Bertz CT molecular complexity index is 2000. The van der Waals surface area contributed by atoms with Gasteiger partial charge in [0.05, 0.1) is 42.7 Å². The van der Waals surface area contributed by atoms with Gasteiger partial charge in [-0.3, -0.25) is 9.36 Å². The summed E-state index contributed by atoms with van der Waals surface area (Å²) in [4.78, 5) is 32.7. The van der Waals surface area contributed by atoms with Crippen LogP contribution in [0.25, 0.3) is 27.6 Å². The minimum absolute atomic E-state index is 0.201. The van der Waals surface area contributed by atoms with E-state index in [4.69, 9.17) is 19.2 Å². The highest BCUT2D eigenvalue weighted by Crippen LogP contribution is 2.36. The van der Waals surface area contributed by atoms with Gasteiger partial charge in [0.1, 0.15) is 0 Å². The lowest BCUT2D eigenvalue weighted by atomic mass is 9.95. The van der Waals surface area contributed by atoms with Crippen molar-refractivity contribution in [1.29, 1.82) is 0 Å². The molecule has 1 atom stereocenters. The van der Waals surface area contributed by atoms with Crippen LogP contribution in [0.2, 0.25) is 0 Å². The highest BCUT2D eigenvalue weighted by atomic mass is 32.1. The van der Waals surface area contributed by atoms with E-state index in [1.165, 1.54) is 11.3 Å². The number of esters is 1. The molecule has 1 aliphatic rings. The largest absolute Gasteiger partial charge is 0.493 e. The fraction of sp³-hybridized carbons (Fsp3) is 0.182. The summed E-state index contributed by atoms with van der Waals surface area (Å²) in [6.07, 6.45) is 1.95. The second kappa shape index (κ2) is 10.7. The summed E-state index contributed by atoms with van der Waals surface area (Å²) in [5, 5.41) is 4.29. The van der Waals surface area contributed by atoms with Crippen molar-refractivity contribution in [2.75, 3.05) is 20.8 Å². The SMILES string of the molecule is CCOC(=O)C1=C(C)N=c2s/c(=C\c3c4ccccc4cc4ccccc34)c(=O)n2C1c1ccc(OC)c(OC)c1. The third-order valence-corrected chi connectivity index (χ3v) is 8.31. The van der Waals surface area contributed by atoms with Crippen LogP contribution >= 0.6 is 11.3 Å². The first-order valence-electron chi connectivity index (χ1n) is 13.3. The molecule has 41 heavy (non-hydrogen) atoms. The summed E-state index contributed by atoms with van der Waals surface area (Å²) in [6.45, 7) is 3.73. The monoisotopic (exact) mass is 564 g/mol. The molecule has 0 fully saturated rings. The molecule has 0 spiro atoms. The Morgan fingerprint density at radius 1 is 0.951 bits per heavy atom. The van der Waals surface area contributed by atoms with E-state index in [1.54, 1.807) is 44.8 Å². The molecule has 7 nitrogen and oxygen atoms in total. The van der Waals surface area contributed by atoms with E-state index < -0.39 is 12.0 Å². The van der Waals surface area contributed by atoms with Crippen LogP contribution in [0.4, 0.5) is 0 Å². The van der Waals surface area contributed by atoms with E-state index in [0.717, 1.165) is 27.1 Å². The summed E-state index contributed by atoms with van der Waals surface area (Å²) in [5.74, 6) is 0.528. The van der Waals surface area contributed by atoms with Crippen LogP contribution in [-0.4, -0.2) is 31.4 Å². The number of rotatable bonds is 6. The maximum Gasteiger partial charge on any atom is 0.338 e. The molecule has 0 radical (unpaired) electrons. The van der Waals surface area contributed by atoms with Gasteiger partial charge in [-0.15, -0.1) is 0 Å². The molecule has 1 aliphatic heterocycles. The van der Waals surface area contributed by atoms with Crippen molar-refractivity contribution < 1.29 is 19.0 Å². The fourth-order valence-electron chi connectivity index (χ4n) is 5.47. The molecule has 206 valence electrons. The number of benzene rings is 4. The molecule has 1 unspecified atom stereocenters. The highest BCUT2D eigenvalue weighted by molar-refractivity contribution is 7.07. The third-order valence-electron chi connectivity index (χ3n) is 7.33. The van der Waals surface area contributed by atoms with E-state index in [1.807, 2.05) is 36.4 Å². The highest BCUT2D eigenvalue weighted by Gasteiger charge is 2.34. The molecular weight excluding hydrogens is 536 g/mol. The summed E-state index contributed by atoms with van der Waals surface area (Å²) >= 11 is 1.31. The summed E-state index contributed by atoms with van der Waals surface area (Å²) in [5.41, 5.74) is 2.23. The Morgan fingerprint density at radius 3 is 2.24 bits per heavy atom. The average molecular weight is 565 g/mol. The molecule has 0 bridgehead atoms. The maximum absolute atomic E-state index is 14.2. The van der Waals surface area contributed by atoms with Gasteiger partial charge >= 0.3 is 5.97 Å². The van der Waals surface area contributed by atoms with Crippen molar-refractivity contribution in [2.45, 2.75) is 19.9 Å². The van der Waals surface area contributed by atoms with Crippen LogP contribution in [-0.2, 0) is 9.53 Å². The fourth-order valence-corrected chi connectivity index (χ4v) is 6.49. The molecule has 4 aromatic carbocycles. The Morgan fingerprint density at radius 2 is 1.61 bits per heavy atom. The van der Waals surface area contributed by atoms with Gasteiger partial charge in [0, 0.05) is 0 Å². The predicted octanol–water partition coefficient (Wildman–Crippen LogP) is 5.12. The smallest absolute Gasteiger partial charge is 0.338 e. The number of thiazole rings is 1. The van der Waals surface area contributed by atoms with Crippen molar-refractivity contribution in [2.24, 2.45) is 4.99 Å². The molecule has 0 saturated heterocycles. The van der Waals surface area contributed by atoms with E-state index in [0.29, 0.717) is 37.7 Å². The Hall–Kier alpha value is -4.69. The molecule has 2 heterocycles. The minimum Gasteiger partial charge on any atom is -0.493 e. The van der Waals surface area contributed by atoms with Crippen LogP contribution in [0.1, 0.15) is 31.0 Å². The second-order valence-corrected chi connectivity index (χ2v) is 10.7. The number of allylic oxidation sites excluding steroid dienone is 1. The van der Waals surface area contributed by atoms with Crippen molar-refractivity contribution >= 4 is 44.9 Å². The van der Waals surface area contributed by atoms with Crippen LogP contribution in [0.15, 0.2) is 93.9 Å². The molecule has 0 N–H and O–H groups in total. The van der Waals surface area contributed by atoms with E-state index in [-0.39, 0.29) is 12.2 Å². The number of hydrogen-bond acceptors (Lipinski definition) is 7. The van der Waals surface area contributed by atoms with Crippen LogP contribution in [0.3, 0.4) is 0 Å². The average Bonchev–Trinajstić information content (AvgIpc) is 3.29. The lowest BCUT2D eigenvalue weighted by Crippen LogP contribution is -2.40. The number of hydrogen-bond donors (Lipinski definition) is 0. The van der Waals surface area contributed by atoms with Gasteiger partial charge in [-0.1, -0.05) is 65.9 Å². The van der Waals surface area contributed by atoms with Gasteiger partial charge in [-0.25, -0.2) is 9.79 Å². The number of methoxy groups -OCH3 is 2. The Labute approximate surface area is 240 Å². The first-order chi connectivity index (χ1) is 19.9. The minimum atomic E-state index is -0.753. The van der Waals surface area contributed by atoms with E-state index >= 15 is 0 Å². The number of aromatic nitrogens is 1. The molecule has 5 aromatic rings. The van der Waals surface area contributed by atoms with Crippen molar-refractivity contribution in [3.05, 3.63) is 115 Å². The van der Waals surface area contributed by atoms with Gasteiger partial charge in [0.25, 0.3) is 5.56 Å². The summed E-state index contributed by atoms with van der Waals surface area (Å²) in [7, 11) is 3.11. The van der Waals surface area contributed by atoms with Gasteiger partial charge in [-0.2, -0.15) is 0 Å². The first-order valence-corrected chi connectivity index (χ1v) is 14.1. The Kier molecular flexibility index (Phi) is 6.93. The number of nitrogens with zero attached hydrogens (tertiary/aromatic N) is 2. The van der Waals surface area contributed by atoms with Crippen LogP contribution < -0.4 is 24.4 Å². The van der Waals surface area contributed by atoms with Gasteiger partial charge in [0.15, 0.2) is 16.3 Å². The molecule has 1 aromatic heterocycles. The zero-order chi connectivity index (χ0) is 28.7. The quantitative estimate of drug-likeness (QED) is 0.211. The van der Waals surface area contributed by atoms with Gasteiger partial charge in [-0.05, 0) is 70.8 Å². The zero-order valence-electron chi connectivity index (χ0n) is 23.1. The number of carbonyl (C=O) groups excluding carboxylic acids is 1. The molecule has 6 rings (SSSR count). The van der Waals surface area contributed by atoms with E-state index in [2.05, 4.69) is 30.3 Å². The molecule has 0 amide bonds. The topological polar surface area (TPSA) is 79.1 Å². The number of carbonyl (C=O) groups is 1. The zero-order valence-corrected chi connectivity index (χ0v) is 24.0. The lowest BCUT2D eigenvalue weighted by Gasteiger charge is -2.25. The van der Waals surface area contributed by atoms with Crippen LogP contribution in [0.5, 0.6) is 11.5 Å². The summed E-state index contributed by atoms with van der Waals surface area (Å²) in [6, 6.07) is 23.1. The van der Waals surface area contributed by atoms with Crippen molar-refractivity contribution in [3.8, 4) is 11.5 Å². The second-order valence-electron chi connectivity index (χ2n) is 9.65. The normalized spacial score (nSPS) is 15.1. The van der Waals surface area contributed by atoms with Gasteiger partial charge < -0.3 is 14.2 Å². The predicted molar refractivity (Wildman–Crippen MR) is 161 cm³/mol. The summed E-state index contributed by atoms with van der Waals surface area (Å²) < 4.78 is 18.5. The third kappa shape index (κ3) is 4.50.